The van der Waals surface area contributed by atoms with Gasteiger partial charge in [-0.15, -0.1) is 0 Å². The van der Waals surface area contributed by atoms with Crippen LogP contribution in [0.1, 0.15) is 22.4 Å². The molecule has 144 valence electrons. The van der Waals surface area contributed by atoms with Gasteiger partial charge in [0.15, 0.2) is 0 Å². The molecule has 1 N–H and O–H groups in total. The highest BCUT2D eigenvalue weighted by atomic mass is 16.5. The number of nitrogens with one attached hydrogen (secondary N) is 1. The number of benzene rings is 2. The number of ether oxygens (including phenoxy) is 1. The van der Waals surface area contributed by atoms with Crippen LogP contribution >= 0.6 is 0 Å². The molecule has 0 unspecified atom stereocenters. The molecule has 1 amide bonds. The number of hydrogen-bond acceptors (Lipinski definition) is 4. The number of rotatable bonds is 6. The van der Waals surface area contributed by atoms with Crippen LogP contribution in [0.25, 0.3) is 6.08 Å². The summed E-state index contributed by atoms with van der Waals surface area (Å²) in [5.41, 5.74) is 4.37. The van der Waals surface area contributed by atoms with Crippen LogP contribution < -0.4 is 10.1 Å². The molecule has 1 heterocycles. The Kier molecular flexibility index (Phi) is 6.39. The molecule has 1 aromatic heterocycles. The van der Waals surface area contributed by atoms with Gasteiger partial charge in [0.25, 0.3) is 5.91 Å². The average Bonchev–Trinajstić information content (AvgIpc) is 2.74. The van der Waals surface area contributed by atoms with Gasteiger partial charge in [0.05, 0.1) is 5.69 Å². The van der Waals surface area contributed by atoms with Crippen molar-refractivity contribution in [2.24, 2.45) is 0 Å². The van der Waals surface area contributed by atoms with Crippen molar-refractivity contribution < 1.29 is 9.53 Å². The molecule has 5 nitrogen and oxygen atoms in total. The molecule has 0 saturated heterocycles. The first-order valence-corrected chi connectivity index (χ1v) is 9.18. The molecule has 2 aromatic carbocycles. The molecule has 0 aliphatic heterocycles. The van der Waals surface area contributed by atoms with Gasteiger partial charge in [-0.2, -0.15) is 5.26 Å². The molecule has 0 bridgehead atoms. The molecule has 0 aliphatic carbocycles. The van der Waals surface area contributed by atoms with E-state index in [-0.39, 0.29) is 5.57 Å². The summed E-state index contributed by atoms with van der Waals surface area (Å²) in [5.74, 6) is 0.251. The van der Waals surface area contributed by atoms with Crippen LogP contribution in [-0.4, -0.2) is 10.9 Å². The van der Waals surface area contributed by atoms with Crippen molar-refractivity contribution in [1.82, 2.24) is 4.98 Å². The zero-order chi connectivity index (χ0) is 20.6. The van der Waals surface area contributed by atoms with E-state index in [0.717, 1.165) is 22.4 Å². The number of aryl methyl sites for hydroxylation is 2. The number of nitriles is 1. The molecule has 5 heteroatoms. The lowest BCUT2D eigenvalue weighted by atomic mass is 10.1. The Hall–Kier alpha value is -3.91. The fourth-order valence-electron chi connectivity index (χ4n) is 2.76. The van der Waals surface area contributed by atoms with Crippen LogP contribution in [0.2, 0.25) is 0 Å². The third kappa shape index (κ3) is 5.53. The lowest BCUT2D eigenvalue weighted by Crippen LogP contribution is -2.14. The summed E-state index contributed by atoms with van der Waals surface area (Å²) in [6, 6.07) is 20.6. The van der Waals surface area contributed by atoms with E-state index in [2.05, 4.69) is 10.3 Å². The maximum absolute atomic E-state index is 12.5. The average molecular weight is 383 g/mol. The van der Waals surface area contributed by atoms with Crippen molar-refractivity contribution in [3.8, 4) is 11.8 Å². The number of carbonyl (C=O) groups excluding carboxylic acids is 1. The van der Waals surface area contributed by atoms with Gasteiger partial charge in [-0.1, -0.05) is 35.9 Å². The second-order valence-electron chi connectivity index (χ2n) is 6.62. The summed E-state index contributed by atoms with van der Waals surface area (Å²) in [5, 5.41) is 12.2. The number of amides is 1. The molecule has 0 saturated carbocycles. The minimum atomic E-state index is -0.435. The summed E-state index contributed by atoms with van der Waals surface area (Å²) in [6.07, 6.45) is 3.28. The Balaban J connectivity index is 1.66. The zero-order valence-corrected chi connectivity index (χ0v) is 16.3. The molecule has 0 spiro atoms. The number of hydrogen-bond donors (Lipinski definition) is 1. The van der Waals surface area contributed by atoms with Crippen molar-refractivity contribution in [2.75, 3.05) is 5.32 Å². The quantitative estimate of drug-likeness (QED) is 0.489. The van der Waals surface area contributed by atoms with Gasteiger partial charge in [0, 0.05) is 11.9 Å². The number of carbonyl (C=O) groups is 1. The van der Waals surface area contributed by atoms with E-state index in [1.54, 1.807) is 36.5 Å². The molecule has 0 aliphatic rings. The van der Waals surface area contributed by atoms with E-state index < -0.39 is 5.91 Å². The molecule has 29 heavy (non-hydrogen) atoms. The first-order valence-electron chi connectivity index (χ1n) is 9.18. The predicted molar refractivity (Wildman–Crippen MR) is 113 cm³/mol. The van der Waals surface area contributed by atoms with Gasteiger partial charge in [-0.3, -0.25) is 9.78 Å². The van der Waals surface area contributed by atoms with Crippen molar-refractivity contribution in [2.45, 2.75) is 20.5 Å². The zero-order valence-electron chi connectivity index (χ0n) is 16.3. The predicted octanol–water partition coefficient (Wildman–Crippen LogP) is 4.82. The maximum atomic E-state index is 12.5. The van der Waals surface area contributed by atoms with E-state index in [1.165, 1.54) is 0 Å². The summed E-state index contributed by atoms with van der Waals surface area (Å²) in [6.45, 7) is 4.28. The molecule has 0 radical (unpaired) electrons. The fourth-order valence-corrected chi connectivity index (χ4v) is 2.76. The third-order valence-electron chi connectivity index (χ3n) is 4.30. The molecular weight excluding hydrogens is 362 g/mol. The standard InChI is InChI=1S/C24H21N3O2/c1-17-6-11-23(18(2)13-17)27-24(28)20(15-25)14-19-7-9-22(10-8-19)29-16-21-5-3-4-12-26-21/h3-14H,16H2,1-2H3,(H,27,28)/b20-14+. The van der Waals surface area contributed by atoms with Crippen LogP contribution in [0, 0.1) is 25.2 Å². The van der Waals surface area contributed by atoms with Gasteiger partial charge in [-0.25, -0.2) is 0 Å². The lowest BCUT2D eigenvalue weighted by molar-refractivity contribution is -0.112. The first kappa shape index (κ1) is 19.8. The second-order valence-corrected chi connectivity index (χ2v) is 6.62. The van der Waals surface area contributed by atoms with Crippen LogP contribution in [-0.2, 0) is 11.4 Å². The summed E-state index contributed by atoms with van der Waals surface area (Å²) >= 11 is 0. The highest BCUT2D eigenvalue weighted by molar-refractivity contribution is 6.09. The van der Waals surface area contributed by atoms with Crippen LogP contribution in [0.3, 0.4) is 0 Å². The minimum absolute atomic E-state index is 0.0344. The minimum Gasteiger partial charge on any atom is -0.487 e. The Morgan fingerprint density at radius 1 is 1.14 bits per heavy atom. The van der Waals surface area contributed by atoms with Gasteiger partial charge in [0.2, 0.25) is 0 Å². The van der Waals surface area contributed by atoms with Crippen LogP contribution in [0.5, 0.6) is 5.75 Å². The highest BCUT2D eigenvalue weighted by Gasteiger charge is 2.11. The van der Waals surface area contributed by atoms with E-state index in [1.807, 2.05) is 56.3 Å². The Morgan fingerprint density at radius 2 is 1.93 bits per heavy atom. The van der Waals surface area contributed by atoms with Gasteiger partial charge in [0.1, 0.15) is 24.0 Å². The lowest BCUT2D eigenvalue weighted by Gasteiger charge is -2.09. The summed E-state index contributed by atoms with van der Waals surface area (Å²) < 4.78 is 5.70. The first-order chi connectivity index (χ1) is 14.0. The molecule has 3 aromatic rings. The summed E-state index contributed by atoms with van der Waals surface area (Å²) in [4.78, 5) is 16.7. The molecule has 3 rings (SSSR count). The van der Waals surface area contributed by atoms with Gasteiger partial charge in [-0.05, 0) is 61.4 Å². The fraction of sp³-hybridized carbons (Fsp3) is 0.125. The van der Waals surface area contributed by atoms with Gasteiger partial charge < -0.3 is 10.1 Å². The Labute approximate surface area is 170 Å². The second kappa shape index (κ2) is 9.34. The van der Waals surface area contributed by atoms with Crippen molar-refractivity contribution in [3.05, 3.63) is 94.8 Å². The van der Waals surface area contributed by atoms with Gasteiger partial charge >= 0.3 is 0 Å². The van der Waals surface area contributed by atoms with E-state index in [0.29, 0.717) is 18.0 Å². The molecular formula is C24H21N3O2. The van der Waals surface area contributed by atoms with Crippen LogP contribution in [0.15, 0.2) is 72.4 Å². The molecule has 0 atom stereocenters. The number of pyridine rings is 1. The highest BCUT2D eigenvalue weighted by Crippen LogP contribution is 2.19. The number of nitrogens with zero attached hydrogens (tertiary/aromatic N) is 2. The van der Waals surface area contributed by atoms with E-state index >= 15 is 0 Å². The summed E-state index contributed by atoms with van der Waals surface area (Å²) in [7, 11) is 0. The monoisotopic (exact) mass is 383 g/mol. The number of anilines is 1. The smallest absolute Gasteiger partial charge is 0.266 e. The van der Waals surface area contributed by atoms with E-state index in [4.69, 9.17) is 4.74 Å². The SMILES string of the molecule is Cc1ccc(NC(=O)/C(C#N)=C/c2ccc(OCc3ccccn3)cc2)c(C)c1. The topological polar surface area (TPSA) is 75.0 Å². The third-order valence-corrected chi connectivity index (χ3v) is 4.30. The molecule has 0 fully saturated rings. The Bertz CT molecular complexity index is 1070. The van der Waals surface area contributed by atoms with Crippen molar-refractivity contribution in [1.29, 1.82) is 5.26 Å². The number of aromatic nitrogens is 1. The van der Waals surface area contributed by atoms with Crippen molar-refractivity contribution in [3.63, 3.8) is 0 Å². The normalized spacial score (nSPS) is 10.9. The maximum Gasteiger partial charge on any atom is 0.266 e. The van der Waals surface area contributed by atoms with Crippen molar-refractivity contribution >= 4 is 17.7 Å². The van der Waals surface area contributed by atoms with Crippen LogP contribution in [0.4, 0.5) is 5.69 Å². The largest absolute Gasteiger partial charge is 0.487 e. The Morgan fingerprint density at radius 3 is 2.59 bits per heavy atom. The van der Waals surface area contributed by atoms with E-state index in [9.17, 15) is 10.1 Å².